The number of hydrogen-bond acceptors (Lipinski definition) is 7. The molecular weight excluding hydrogens is 392 g/mol. The van der Waals surface area contributed by atoms with Gasteiger partial charge in [0.1, 0.15) is 5.76 Å². The summed E-state index contributed by atoms with van der Waals surface area (Å²) in [6, 6.07) is 8.22. The number of likely N-dealkylation sites (tertiary alicyclic amines) is 1. The highest BCUT2D eigenvalue weighted by atomic mass is 16.5. The molecule has 1 aliphatic heterocycles. The fourth-order valence-corrected chi connectivity index (χ4v) is 3.12. The Morgan fingerprint density at radius 3 is 2.77 bits per heavy atom. The smallest absolute Gasteiger partial charge is 0.337 e. The van der Waals surface area contributed by atoms with Crippen molar-refractivity contribution >= 4 is 29.4 Å². The molecule has 158 valence electrons. The van der Waals surface area contributed by atoms with Crippen molar-refractivity contribution in [3.8, 4) is 0 Å². The van der Waals surface area contributed by atoms with Crippen molar-refractivity contribution in [1.82, 2.24) is 4.90 Å². The fraction of sp³-hybridized carbons (Fsp3) is 0.333. The van der Waals surface area contributed by atoms with Gasteiger partial charge in [-0.3, -0.25) is 14.4 Å². The molecule has 0 unspecified atom stereocenters. The fourth-order valence-electron chi connectivity index (χ4n) is 3.12. The first-order valence-electron chi connectivity index (χ1n) is 9.33. The third-order valence-electron chi connectivity index (χ3n) is 4.75. The number of nitrogens with one attached hydrogen (secondary N) is 1. The maximum Gasteiger partial charge on any atom is 0.337 e. The topological polar surface area (TPSA) is 115 Å². The quantitative estimate of drug-likeness (QED) is 0.688. The molecule has 1 fully saturated rings. The van der Waals surface area contributed by atoms with Crippen LogP contribution < -0.4 is 5.32 Å². The van der Waals surface area contributed by atoms with Gasteiger partial charge in [-0.15, -0.1) is 0 Å². The number of benzene rings is 1. The molecule has 0 aliphatic carbocycles. The van der Waals surface area contributed by atoms with E-state index in [0.29, 0.717) is 11.4 Å². The minimum absolute atomic E-state index is 0.0292. The van der Waals surface area contributed by atoms with Gasteiger partial charge in [0.25, 0.3) is 5.91 Å². The van der Waals surface area contributed by atoms with Gasteiger partial charge in [-0.2, -0.15) is 0 Å². The Balaban J connectivity index is 1.51. The second kappa shape index (κ2) is 9.25. The molecule has 0 bridgehead atoms. The van der Waals surface area contributed by atoms with Crippen LogP contribution in [-0.2, 0) is 30.4 Å². The van der Waals surface area contributed by atoms with E-state index in [1.807, 2.05) is 0 Å². The van der Waals surface area contributed by atoms with Gasteiger partial charge in [0.2, 0.25) is 5.91 Å². The molecule has 1 aromatic carbocycles. The highest BCUT2D eigenvalue weighted by Crippen LogP contribution is 2.22. The summed E-state index contributed by atoms with van der Waals surface area (Å²) in [6.45, 7) is 1.76. The van der Waals surface area contributed by atoms with Crippen molar-refractivity contribution < 1.29 is 33.1 Å². The van der Waals surface area contributed by atoms with Crippen LogP contribution in [-0.4, -0.2) is 48.9 Å². The van der Waals surface area contributed by atoms with Gasteiger partial charge in [-0.25, -0.2) is 4.79 Å². The Morgan fingerprint density at radius 1 is 1.27 bits per heavy atom. The van der Waals surface area contributed by atoms with Crippen LogP contribution in [0.5, 0.6) is 0 Å². The maximum absolute atomic E-state index is 12.3. The number of amides is 2. The van der Waals surface area contributed by atoms with Gasteiger partial charge in [0.05, 0.1) is 31.4 Å². The van der Waals surface area contributed by atoms with Crippen LogP contribution in [0.15, 0.2) is 41.0 Å². The average molecular weight is 414 g/mol. The monoisotopic (exact) mass is 414 g/mol. The molecule has 3 rings (SSSR count). The molecule has 1 saturated heterocycles. The highest BCUT2D eigenvalue weighted by molar-refractivity contribution is 5.96. The molecule has 1 aromatic heterocycles. The van der Waals surface area contributed by atoms with Crippen LogP contribution in [0, 0.1) is 12.8 Å². The van der Waals surface area contributed by atoms with Gasteiger partial charge >= 0.3 is 11.9 Å². The molecule has 1 atom stereocenters. The molecule has 2 aromatic rings. The number of carbonyl (C=O) groups is 4. The third-order valence-corrected chi connectivity index (χ3v) is 4.75. The van der Waals surface area contributed by atoms with E-state index in [1.165, 1.54) is 24.3 Å². The molecule has 0 spiro atoms. The zero-order valence-electron chi connectivity index (χ0n) is 16.7. The van der Waals surface area contributed by atoms with E-state index < -0.39 is 30.4 Å². The van der Waals surface area contributed by atoms with Gasteiger partial charge in [-0.1, -0.05) is 6.07 Å². The predicted molar refractivity (Wildman–Crippen MR) is 104 cm³/mol. The minimum Gasteiger partial charge on any atom is -0.467 e. The number of methoxy groups -OCH3 is 1. The van der Waals surface area contributed by atoms with Crippen molar-refractivity contribution in [3.63, 3.8) is 0 Å². The van der Waals surface area contributed by atoms with Crippen LogP contribution in [0.3, 0.4) is 0 Å². The zero-order valence-corrected chi connectivity index (χ0v) is 16.7. The Labute approximate surface area is 172 Å². The number of ether oxygens (including phenoxy) is 2. The summed E-state index contributed by atoms with van der Waals surface area (Å²) in [4.78, 5) is 49.7. The first-order chi connectivity index (χ1) is 14.4. The largest absolute Gasteiger partial charge is 0.467 e. The lowest BCUT2D eigenvalue weighted by Gasteiger charge is -2.15. The van der Waals surface area contributed by atoms with Gasteiger partial charge in [-0.05, 0) is 36.8 Å². The molecule has 0 saturated carbocycles. The zero-order chi connectivity index (χ0) is 21.7. The van der Waals surface area contributed by atoms with Crippen molar-refractivity contribution in [3.05, 3.63) is 53.5 Å². The molecule has 30 heavy (non-hydrogen) atoms. The number of carbonyl (C=O) groups excluding carboxylic acids is 4. The lowest BCUT2D eigenvalue weighted by atomic mass is 10.1. The summed E-state index contributed by atoms with van der Waals surface area (Å²) >= 11 is 0. The summed E-state index contributed by atoms with van der Waals surface area (Å²) in [5, 5.41) is 2.61. The predicted octanol–water partition coefficient (Wildman–Crippen LogP) is 1.91. The Morgan fingerprint density at radius 2 is 2.07 bits per heavy atom. The number of rotatable bonds is 7. The molecule has 1 aliphatic rings. The molecular formula is C21H22N2O7. The standard InChI is InChI=1S/C21H22N2O7/c1-13-5-6-14(20(26)28-2)8-17(13)22-18(24)12-30-21(27)15-9-19(25)23(10-15)11-16-4-3-7-29-16/h3-8,15H,9-12H2,1-2H3,(H,22,24)/t15-/m1/s1. The van der Waals surface area contributed by atoms with Crippen molar-refractivity contribution in [2.45, 2.75) is 19.9 Å². The van der Waals surface area contributed by atoms with E-state index in [1.54, 1.807) is 31.2 Å². The first-order valence-corrected chi connectivity index (χ1v) is 9.33. The van der Waals surface area contributed by atoms with E-state index in [4.69, 9.17) is 9.15 Å². The lowest BCUT2D eigenvalue weighted by Crippen LogP contribution is -2.28. The van der Waals surface area contributed by atoms with E-state index in [-0.39, 0.29) is 31.0 Å². The molecule has 9 heteroatoms. The van der Waals surface area contributed by atoms with E-state index >= 15 is 0 Å². The number of aryl methyl sites for hydroxylation is 1. The normalized spacial score (nSPS) is 15.7. The maximum atomic E-state index is 12.3. The van der Waals surface area contributed by atoms with Crippen molar-refractivity contribution in [1.29, 1.82) is 0 Å². The highest BCUT2D eigenvalue weighted by Gasteiger charge is 2.35. The summed E-state index contributed by atoms with van der Waals surface area (Å²) < 4.78 is 15.0. The first kappa shape index (κ1) is 21.1. The van der Waals surface area contributed by atoms with Crippen molar-refractivity contribution in [2.75, 3.05) is 25.6 Å². The van der Waals surface area contributed by atoms with E-state index in [0.717, 1.165) is 5.56 Å². The van der Waals surface area contributed by atoms with Crippen LogP contribution in [0.25, 0.3) is 0 Å². The van der Waals surface area contributed by atoms with Gasteiger partial charge in [0.15, 0.2) is 6.61 Å². The van der Waals surface area contributed by atoms with Crippen LogP contribution in [0.1, 0.15) is 28.1 Å². The Bertz CT molecular complexity index is 952. The number of anilines is 1. The Kier molecular flexibility index (Phi) is 6.51. The third kappa shape index (κ3) is 5.05. The Hall–Kier alpha value is -3.62. The van der Waals surface area contributed by atoms with Crippen LogP contribution in [0.2, 0.25) is 0 Å². The van der Waals surface area contributed by atoms with Crippen molar-refractivity contribution in [2.24, 2.45) is 5.92 Å². The average Bonchev–Trinajstić information content (AvgIpc) is 3.37. The number of hydrogen-bond donors (Lipinski definition) is 1. The molecule has 9 nitrogen and oxygen atoms in total. The SMILES string of the molecule is COC(=O)c1ccc(C)c(NC(=O)COC(=O)[C@@H]2CC(=O)N(Cc3ccco3)C2)c1. The van der Waals surface area contributed by atoms with Gasteiger partial charge < -0.3 is 24.1 Å². The molecule has 0 radical (unpaired) electrons. The molecule has 2 amide bonds. The number of furan rings is 1. The van der Waals surface area contributed by atoms with E-state index in [2.05, 4.69) is 10.1 Å². The molecule has 2 heterocycles. The lowest BCUT2D eigenvalue weighted by molar-refractivity contribution is -0.151. The van der Waals surface area contributed by atoms with E-state index in [9.17, 15) is 19.2 Å². The number of esters is 2. The van der Waals surface area contributed by atoms with Gasteiger partial charge in [0, 0.05) is 18.7 Å². The van der Waals surface area contributed by atoms with Crippen LogP contribution in [0.4, 0.5) is 5.69 Å². The summed E-state index contributed by atoms with van der Waals surface area (Å²) in [6.07, 6.45) is 1.55. The van der Waals surface area contributed by atoms with Crippen LogP contribution >= 0.6 is 0 Å². The summed E-state index contributed by atoms with van der Waals surface area (Å²) in [5.74, 6) is -1.87. The minimum atomic E-state index is -0.635. The second-order valence-electron chi connectivity index (χ2n) is 6.93. The summed E-state index contributed by atoms with van der Waals surface area (Å²) in [5.41, 5.74) is 1.44. The molecule has 1 N–H and O–H groups in total. The number of nitrogens with zero attached hydrogens (tertiary/aromatic N) is 1. The summed E-state index contributed by atoms with van der Waals surface area (Å²) in [7, 11) is 1.27. The second-order valence-corrected chi connectivity index (χ2v) is 6.93.